The van der Waals surface area contributed by atoms with Crippen molar-refractivity contribution in [2.45, 2.75) is 25.3 Å². The first-order valence-electron chi connectivity index (χ1n) is 5.99. The summed E-state index contributed by atoms with van der Waals surface area (Å²) in [6, 6.07) is -0.0876. The lowest BCUT2D eigenvalue weighted by molar-refractivity contribution is 0.0948. The second kappa shape index (κ2) is 6.66. The van der Waals surface area contributed by atoms with Gasteiger partial charge >= 0.3 is 15.2 Å². The van der Waals surface area contributed by atoms with Crippen LogP contribution in [0.3, 0.4) is 0 Å². The van der Waals surface area contributed by atoms with Gasteiger partial charge < -0.3 is 29.2 Å². The van der Waals surface area contributed by atoms with E-state index in [0.29, 0.717) is 6.54 Å². The highest BCUT2D eigenvalue weighted by Gasteiger charge is 2.43. The molecule has 0 aromatic rings. The molecular weight excluding hydrogens is 310 g/mol. The highest BCUT2D eigenvalue weighted by atomic mass is 31.2. The fourth-order valence-electron chi connectivity index (χ4n) is 1.94. The molecule has 0 bridgehead atoms. The van der Waals surface area contributed by atoms with E-state index in [2.05, 4.69) is 4.99 Å². The third kappa shape index (κ3) is 4.93. The van der Waals surface area contributed by atoms with Crippen LogP contribution in [0.1, 0.15) is 13.8 Å². The summed E-state index contributed by atoms with van der Waals surface area (Å²) in [6.45, 7) is 4.51. The molecule has 1 aliphatic heterocycles. The number of aliphatic imine (C=N–C) groups is 1. The lowest BCUT2D eigenvalue weighted by Gasteiger charge is -2.27. The van der Waals surface area contributed by atoms with E-state index in [0.717, 1.165) is 12.4 Å². The van der Waals surface area contributed by atoms with Crippen molar-refractivity contribution in [1.29, 1.82) is 0 Å². The minimum absolute atomic E-state index is 0.0876. The number of nitrogens with zero attached hydrogens (tertiary/aromatic N) is 2. The second-order valence-electron chi connectivity index (χ2n) is 4.67. The molecule has 4 N–H and O–H groups in total. The van der Waals surface area contributed by atoms with Crippen LogP contribution in [0.5, 0.6) is 0 Å². The minimum atomic E-state index is -4.92. The van der Waals surface area contributed by atoms with Gasteiger partial charge in [0.25, 0.3) is 0 Å². The van der Waals surface area contributed by atoms with Crippen LogP contribution in [-0.2, 0) is 13.9 Å². The van der Waals surface area contributed by atoms with Gasteiger partial charge in [-0.3, -0.25) is 14.1 Å². The molecule has 1 aliphatic rings. The van der Waals surface area contributed by atoms with Gasteiger partial charge in [-0.1, -0.05) is 0 Å². The Balaban J connectivity index is 2.52. The fraction of sp³-hybridized carbons (Fsp3) is 0.889. The predicted molar refractivity (Wildman–Crippen MR) is 72.8 cm³/mol. The number of hydrogen-bond acceptors (Lipinski definition) is 5. The average molecular weight is 330 g/mol. The van der Waals surface area contributed by atoms with Gasteiger partial charge in [0.2, 0.25) is 0 Å². The Bertz CT molecular complexity index is 435. The Morgan fingerprint density at radius 1 is 1.25 bits per heavy atom. The Morgan fingerprint density at radius 3 is 2.20 bits per heavy atom. The maximum Gasteiger partial charge on any atom is 0.343 e. The molecule has 1 heterocycles. The summed E-state index contributed by atoms with van der Waals surface area (Å²) >= 11 is 0. The molecule has 9 nitrogen and oxygen atoms in total. The fourth-order valence-corrected chi connectivity index (χ4v) is 4.10. The van der Waals surface area contributed by atoms with Crippen molar-refractivity contribution in [2.24, 2.45) is 4.99 Å². The van der Waals surface area contributed by atoms with E-state index in [-0.39, 0.29) is 12.6 Å². The maximum absolute atomic E-state index is 11.1. The molecule has 20 heavy (non-hydrogen) atoms. The van der Waals surface area contributed by atoms with Gasteiger partial charge in [-0.2, -0.15) is 0 Å². The third-order valence-corrected chi connectivity index (χ3v) is 6.69. The molecule has 0 saturated heterocycles. The molecule has 0 spiro atoms. The Labute approximate surface area is 117 Å². The van der Waals surface area contributed by atoms with Gasteiger partial charge in [0.15, 0.2) is 5.40 Å². The Morgan fingerprint density at radius 2 is 1.80 bits per heavy atom. The highest BCUT2D eigenvalue weighted by Crippen LogP contribution is 2.59. The van der Waals surface area contributed by atoms with E-state index in [1.165, 1.54) is 0 Å². The summed E-state index contributed by atoms with van der Waals surface area (Å²) in [5.41, 5.74) is 0. The largest absolute Gasteiger partial charge is 0.378 e. The quantitative estimate of drug-likeness (QED) is 0.471. The predicted octanol–water partition coefficient (Wildman–Crippen LogP) is -0.193. The van der Waals surface area contributed by atoms with Gasteiger partial charge in [0.05, 0.1) is 31.6 Å². The molecule has 11 heteroatoms. The molecular formula is C9H20N2O7P2. The zero-order valence-corrected chi connectivity index (χ0v) is 13.1. The van der Waals surface area contributed by atoms with Crippen molar-refractivity contribution >= 4 is 21.0 Å². The van der Waals surface area contributed by atoms with E-state index >= 15 is 0 Å². The van der Waals surface area contributed by atoms with Crippen molar-refractivity contribution in [3.63, 3.8) is 0 Å². The van der Waals surface area contributed by atoms with E-state index in [1.807, 2.05) is 18.7 Å². The van der Waals surface area contributed by atoms with E-state index in [4.69, 9.17) is 24.3 Å². The minimum Gasteiger partial charge on any atom is -0.378 e. The molecule has 0 saturated carbocycles. The molecule has 1 atom stereocenters. The molecule has 0 aromatic carbocycles. The lowest BCUT2D eigenvalue weighted by atomic mass is 10.3. The summed E-state index contributed by atoms with van der Waals surface area (Å²) in [4.78, 5) is 41.9. The SMILES string of the molecule is CC1=NCCN1C(C)COCC(P(=O)(O)O)P(=O)(O)O. The van der Waals surface area contributed by atoms with Crippen molar-refractivity contribution in [1.82, 2.24) is 4.90 Å². The zero-order valence-electron chi connectivity index (χ0n) is 11.3. The second-order valence-corrected chi connectivity index (χ2v) is 8.68. The molecule has 0 aromatic heterocycles. The maximum atomic E-state index is 11.1. The first kappa shape index (κ1) is 17.8. The van der Waals surface area contributed by atoms with Gasteiger partial charge in [0, 0.05) is 6.54 Å². The number of ether oxygens (including phenoxy) is 1. The van der Waals surface area contributed by atoms with Crippen LogP contribution in [-0.4, -0.2) is 68.1 Å². The first-order chi connectivity index (χ1) is 9.03. The molecule has 118 valence electrons. The first-order valence-corrected chi connectivity index (χ1v) is 9.35. The van der Waals surface area contributed by atoms with Gasteiger partial charge in [-0.25, -0.2) is 0 Å². The smallest absolute Gasteiger partial charge is 0.343 e. The normalized spacial score (nSPS) is 18.6. The molecule has 0 amide bonds. The van der Waals surface area contributed by atoms with Crippen LogP contribution >= 0.6 is 15.2 Å². The highest BCUT2D eigenvalue weighted by molar-refractivity contribution is 7.70. The van der Waals surface area contributed by atoms with Crippen LogP contribution in [0.15, 0.2) is 4.99 Å². The van der Waals surface area contributed by atoms with Gasteiger partial charge in [-0.05, 0) is 13.8 Å². The summed E-state index contributed by atoms with van der Waals surface area (Å²) in [7, 11) is -9.84. The Hall–Kier alpha value is -0.270. The van der Waals surface area contributed by atoms with E-state index < -0.39 is 27.2 Å². The van der Waals surface area contributed by atoms with E-state index in [9.17, 15) is 9.13 Å². The van der Waals surface area contributed by atoms with Crippen LogP contribution in [0.2, 0.25) is 0 Å². The monoisotopic (exact) mass is 330 g/mol. The molecule has 1 rings (SSSR count). The number of hydrogen-bond donors (Lipinski definition) is 4. The molecule has 0 fully saturated rings. The van der Waals surface area contributed by atoms with Gasteiger partial charge in [0.1, 0.15) is 0 Å². The van der Waals surface area contributed by atoms with Crippen LogP contribution in [0, 0.1) is 0 Å². The van der Waals surface area contributed by atoms with E-state index in [1.54, 1.807) is 0 Å². The van der Waals surface area contributed by atoms with Crippen LogP contribution in [0.25, 0.3) is 0 Å². The topological polar surface area (TPSA) is 140 Å². The van der Waals surface area contributed by atoms with Crippen molar-refractivity contribution in [2.75, 3.05) is 26.3 Å². The number of rotatable bonds is 7. The summed E-state index contributed by atoms with van der Waals surface area (Å²) in [5, 5.41) is -2.12. The zero-order chi connectivity index (χ0) is 15.6. The standard InChI is InChI=1S/C9H20N2O7P2/c1-7(11-4-3-10-8(11)2)5-18-6-9(19(12,13)14)20(15,16)17/h7,9H,3-6H2,1-2H3,(H2,12,13,14)(H2,15,16,17). The summed E-state index contributed by atoms with van der Waals surface area (Å²) in [6.07, 6.45) is 0. The Kier molecular flexibility index (Phi) is 5.92. The van der Waals surface area contributed by atoms with Crippen LogP contribution in [0.4, 0.5) is 0 Å². The summed E-state index contributed by atoms with van der Waals surface area (Å²) < 4.78 is 27.2. The molecule has 0 aliphatic carbocycles. The third-order valence-electron chi connectivity index (χ3n) is 3.03. The van der Waals surface area contributed by atoms with Crippen molar-refractivity contribution < 1.29 is 33.4 Å². The van der Waals surface area contributed by atoms with Crippen LogP contribution < -0.4 is 0 Å². The van der Waals surface area contributed by atoms with Crippen molar-refractivity contribution in [3.05, 3.63) is 0 Å². The van der Waals surface area contributed by atoms with Crippen molar-refractivity contribution in [3.8, 4) is 0 Å². The molecule has 0 radical (unpaired) electrons. The summed E-state index contributed by atoms with van der Waals surface area (Å²) in [5.74, 6) is 0.850. The average Bonchev–Trinajstić information content (AvgIpc) is 2.66. The van der Waals surface area contributed by atoms with Gasteiger partial charge in [-0.15, -0.1) is 0 Å². The molecule has 1 unspecified atom stereocenters. The number of amidine groups is 1. The lowest BCUT2D eigenvalue weighted by Crippen LogP contribution is -2.38.